The van der Waals surface area contributed by atoms with Crippen LogP contribution in [0.1, 0.15) is 66.3 Å². The summed E-state index contributed by atoms with van der Waals surface area (Å²) in [6.45, 7) is 7.52. The van der Waals surface area contributed by atoms with E-state index in [-0.39, 0.29) is 45.2 Å². The highest BCUT2D eigenvalue weighted by Crippen LogP contribution is 2.36. The molecule has 4 aromatic rings. The van der Waals surface area contributed by atoms with Crippen LogP contribution in [0.3, 0.4) is 0 Å². The average Bonchev–Trinajstić information content (AvgIpc) is 3.02. The highest BCUT2D eigenvalue weighted by molar-refractivity contribution is 6.05. The van der Waals surface area contributed by atoms with E-state index in [0.717, 1.165) is 19.3 Å². The zero-order valence-corrected chi connectivity index (χ0v) is 25.4. The van der Waals surface area contributed by atoms with Crippen molar-refractivity contribution in [2.75, 3.05) is 11.9 Å². The summed E-state index contributed by atoms with van der Waals surface area (Å²) in [7, 11) is 0. The molecule has 228 valence electrons. The summed E-state index contributed by atoms with van der Waals surface area (Å²) in [6, 6.07) is 20.4. The number of anilines is 1. The number of hydrogen-bond acceptors (Lipinski definition) is 7. The fourth-order valence-corrected chi connectivity index (χ4v) is 5.95. The van der Waals surface area contributed by atoms with Crippen molar-refractivity contribution in [1.29, 1.82) is 0 Å². The van der Waals surface area contributed by atoms with Gasteiger partial charge in [0.2, 0.25) is 0 Å². The van der Waals surface area contributed by atoms with Crippen LogP contribution >= 0.6 is 0 Å². The minimum atomic E-state index is -0.824. The Morgan fingerprint density at radius 3 is 2.36 bits per heavy atom. The number of fused-ring (bicyclic) bond motifs is 1. The van der Waals surface area contributed by atoms with Gasteiger partial charge in [0.1, 0.15) is 17.4 Å². The van der Waals surface area contributed by atoms with E-state index in [1.165, 1.54) is 6.07 Å². The lowest BCUT2D eigenvalue weighted by atomic mass is 9.75. The average molecular weight is 596 g/mol. The lowest BCUT2D eigenvalue weighted by Crippen LogP contribution is -2.36. The standard InChI is InChI=1S/C36H37NO7/c1-21(2)25-18-17-22(3)19-30(25)43-36(41)26-13-8-9-16-29(26)37-31(38)20-42-35(40)28-15-10-14-27-32(39)23(4)33(44-34(27)28)24-11-6-5-7-12-24/h5-16,21-22,25,30H,17-20H2,1-4H3,(H,37,38)/t22-,25+,30-/m1/s1. The monoisotopic (exact) mass is 595 g/mol. The van der Waals surface area contributed by atoms with Gasteiger partial charge in [0.25, 0.3) is 5.91 Å². The molecule has 5 rings (SSSR count). The first-order valence-corrected chi connectivity index (χ1v) is 15.0. The van der Waals surface area contributed by atoms with Gasteiger partial charge in [-0.3, -0.25) is 9.59 Å². The van der Waals surface area contributed by atoms with Gasteiger partial charge in [0.05, 0.1) is 16.6 Å². The van der Waals surface area contributed by atoms with Crippen molar-refractivity contribution >= 4 is 34.5 Å². The Hall–Kier alpha value is -4.72. The first kappa shape index (κ1) is 30.7. The minimum Gasteiger partial charge on any atom is -0.458 e. The Labute approximate surface area is 256 Å². The van der Waals surface area contributed by atoms with Crippen LogP contribution in [-0.2, 0) is 14.3 Å². The van der Waals surface area contributed by atoms with E-state index in [1.54, 1.807) is 43.3 Å². The predicted octanol–water partition coefficient (Wildman–Crippen LogP) is 7.18. The van der Waals surface area contributed by atoms with Gasteiger partial charge in [-0.15, -0.1) is 0 Å². The Morgan fingerprint density at radius 2 is 1.61 bits per heavy atom. The second-order valence-electron chi connectivity index (χ2n) is 11.9. The first-order chi connectivity index (χ1) is 21.1. The van der Waals surface area contributed by atoms with Crippen molar-refractivity contribution < 1.29 is 28.3 Å². The number of para-hydroxylation sites is 2. The smallest absolute Gasteiger partial charge is 0.342 e. The van der Waals surface area contributed by atoms with Crippen LogP contribution in [0.15, 0.2) is 82.0 Å². The highest BCUT2D eigenvalue weighted by atomic mass is 16.5. The van der Waals surface area contributed by atoms with Gasteiger partial charge >= 0.3 is 11.9 Å². The second kappa shape index (κ2) is 13.3. The highest BCUT2D eigenvalue weighted by Gasteiger charge is 2.34. The van der Waals surface area contributed by atoms with Crippen molar-refractivity contribution in [3.63, 3.8) is 0 Å². The van der Waals surface area contributed by atoms with Crippen LogP contribution in [-0.4, -0.2) is 30.6 Å². The molecule has 0 saturated heterocycles. The quantitative estimate of drug-likeness (QED) is 0.215. The van der Waals surface area contributed by atoms with E-state index in [0.29, 0.717) is 28.7 Å². The zero-order chi connectivity index (χ0) is 31.4. The Kier molecular flexibility index (Phi) is 9.28. The molecule has 1 aliphatic rings. The number of hydrogen-bond donors (Lipinski definition) is 1. The molecule has 8 nitrogen and oxygen atoms in total. The maximum Gasteiger partial charge on any atom is 0.342 e. The van der Waals surface area contributed by atoms with Gasteiger partial charge in [0.15, 0.2) is 17.6 Å². The number of rotatable bonds is 8. The number of amides is 1. The molecule has 0 radical (unpaired) electrons. The molecule has 1 fully saturated rings. The molecule has 3 atom stereocenters. The summed E-state index contributed by atoms with van der Waals surface area (Å²) in [5, 5.41) is 2.91. The third-order valence-corrected chi connectivity index (χ3v) is 8.38. The number of ether oxygens (including phenoxy) is 2. The molecule has 0 bridgehead atoms. The molecule has 0 spiro atoms. The summed E-state index contributed by atoms with van der Waals surface area (Å²) in [6.07, 6.45) is 2.73. The molecule has 44 heavy (non-hydrogen) atoms. The Morgan fingerprint density at radius 1 is 0.909 bits per heavy atom. The molecule has 1 aliphatic carbocycles. The molecule has 8 heteroatoms. The molecule has 1 heterocycles. The van der Waals surface area contributed by atoms with Gasteiger partial charge in [0, 0.05) is 11.1 Å². The molecule has 1 saturated carbocycles. The van der Waals surface area contributed by atoms with E-state index in [4.69, 9.17) is 13.9 Å². The Bertz CT molecular complexity index is 1740. The summed E-state index contributed by atoms with van der Waals surface area (Å²) in [4.78, 5) is 52.4. The molecule has 1 aromatic heterocycles. The maximum absolute atomic E-state index is 13.3. The molecule has 1 N–H and O–H groups in total. The predicted molar refractivity (Wildman–Crippen MR) is 169 cm³/mol. The van der Waals surface area contributed by atoms with Crippen LogP contribution in [0, 0.1) is 24.7 Å². The van der Waals surface area contributed by atoms with Crippen LogP contribution in [0.4, 0.5) is 5.69 Å². The first-order valence-electron chi connectivity index (χ1n) is 15.0. The summed E-state index contributed by atoms with van der Waals surface area (Å²) in [5.41, 5.74) is 1.45. The van der Waals surface area contributed by atoms with Crippen molar-refractivity contribution in [1.82, 2.24) is 0 Å². The SMILES string of the molecule is Cc1c(-c2ccccc2)oc2c(C(=O)OCC(=O)Nc3ccccc3C(=O)O[C@@H]3C[C@H](C)CC[C@H]3C(C)C)cccc2c1=O. The van der Waals surface area contributed by atoms with Crippen molar-refractivity contribution in [2.45, 2.75) is 53.1 Å². The number of carbonyl (C=O) groups excluding carboxylic acids is 3. The zero-order valence-electron chi connectivity index (χ0n) is 25.4. The van der Waals surface area contributed by atoms with E-state index in [9.17, 15) is 19.2 Å². The van der Waals surface area contributed by atoms with Gasteiger partial charge in [-0.2, -0.15) is 0 Å². The van der Waals surface area contributed by atoms with Crippen molar-refractivity contribution in [3.8, 4) is 11.3 Å². The van der Waals surface area contributed by atoms with E-state index in [2.05, 4.69) is 26.1 Å². The lowest BCUT2D eigenvalue weighted by molar-refractivity contribution is -0.119. The van der Waals surface area contributed by atoms with Crippen LogP contribution in [0.25, 0.3) is 22.3 Å². The van der Waals surface area contributed by atoms with Crippen molar-refractivity contribution in [2.24, 2.45) is 17.8 Å². The van der Waals surface area contributed by atoms with E-state index < -0.39 is 24.5 Å². The largest absolute Gasteiger partial charge is 0.458 e. The topological polar surface area (TPSA) is 112 Å². The summed E-state index contributed by atoms with van der Waals surface area (Å²) >= 11 is 0. The molecule has 0 unspecified atom stereocenters. The second-order valence-corrected chi connectivity index (χ2v) is 11.9. The van der Waals surface area contributed by atoms with Gasteiger partial charge < -0.3 is 19.2 Å². The number of esters is 2. The third kappa shape index (κ3) is 6.59. The van der Waals surface area contributed by atoms with Gasteiger partial charge in [-0.25, -0.2) is 9.59 Å². The third-order valence-electron chi connectivity index (χ3n) is 8.38. The molecular weight excluding hydrogens is 558 g/mol. The summed E-state index contributed by atoms with van der Waals surface area (Å²) < 4.78 is 17.4. The maximum atomic E-state index is 13.3. The van der Waals surface area contributed by atoms with Crippen molar-refractivity contribution in [3.05, 3.63) is 99.7 Å². The van der Waals surface area contributed by atoms with E-state index in [1.807, 2.05) is 30.3 Å². The molecule has 0 aliphatic heterocycles. The number of nitrogens with one attached hydrogen (secondary N) is 1. The fourth-order valence-electron chi connectivity index (χ4n) is 5.95. The fraction of sp³-hybridized carbons (Fsp3) is 0.333. The van der Waals surface area contributed by atoms with E-state index >= 15 is 0 Å². The summed E-state index contributed by atoms with van der Waals surface area (Å²) in [5.74, 6) is -0.472. The molecule has 3 aromatic carbocycles. The molecular formula is C36H37NO7. The number of carbonyl (C=O) groups is 3. The molecule has 1 amide bonds. The lowest BCUT2D eigenvalue weighted by Gasteiger charge is -2.36. The van der Waals surface area contributed by atoms with Gasteiger partial charge in [-0.1, -0.05) is 75.7 Å². The Balaban J connectivity index is 1.29. The van der Waals surface area contributed by atoms with Crippen LogP contribution < -0.4 is 10.7 Å². The normalized spacial score (nSPS) is 18.2. The number of benzene rings is 3. The van der Waals surface area contributed by atoms with Gasteiger partial charge in [-0.05, 0) is 61.8 Å². The van der Waals surface area contributed by atoms with Crippen LogP contribution in [0.5, 0.6) is 0 Å². The van der Waals surface area contributed by atoms with Crippen LogP contribution in [0.2, 0.25) is 0 Å². The minimum absolute atomic E-state index is 0.0231.